The maximum absolute atomic E-state index is 5.86. The van der Waals surface area contributed by atoms with Crippen LogP contribution >= 0.6 is 0 Å². The van der Waals surface area contributed by atoms with Gasteiger partial charge in [0.2, 0.25) is 0 Å². The smallest absolute Gasteiger partial charge is 0.193 e. The molecule has 0 aliphatic carbocycles. The van der Waals surface area contributed by atoms with Gasteiger partial charge in [-0.05, 0) is 44.2 Å². The maximum atomic E-state index is 5.86. The molecule has 0 radical (unpaired) electrons. The van der Waals surface area contributed by atoms with Gasteiger partial charge in [-0.1, -0.05) is 0 Å². The molecule has 1 aromatic heterocycles. The molecule has 0 amide bonds. The molecule has 5 heteroatoms. The number of hydrogen-bond donors (Lipinski definition) is 2. The van der Waals surface area contributed by atoms with E-state index in [1.165, 1.54) is 0 Å². The van der Waals surface area contributed by atoms with E-state index in [1.807, 2.05) is 44.2 Å². The molecule has 106 valence electrons. The van der Waals surface area contributed by atoms with Gasteiger partial charge in [-0.25, -0.2) is 4.99 Å². The molecular formula is C15H19N3O2. The largest absolute Gasteiger partial charge is 0.497 e. The van der Waals surface area contributed by atoms with Crippen LogP contribution < -0.4 is 15.8 Å². The Hall–Kier alpha value is -2.43. The zero-order chi connectivity index (χ0) is 14.5. The number of benzene rings is 1. The van der Waals surface area contributed by atoms with E-state index < -0.39 is 0 Å². The van der Waals surface area contributed by atoms with Crippen LogP contribution in [-0.2, 0) is 6.54 Å². The zero-order valence-electron chi connectivity index (χ0n) is 11.9. The van der Waals surface area contributed by atoms with Crippen LogP contribution in [-0.4, -0.2) is 13.1 Å². The first-order chi connectivity index (χ1) is 9.58. The van der Waals surface area contributed by atoms with E-state index in [-0.39, 0.29) is 0 Å². The first kappa shape index (κ1) is 14.0. The summed E-state index contributed by atoms with van der Waals surface area (Å²) >= 11 is 0. The van der Waals surface area contributed by atoms with Gasteiger partial charge in [0, 0.05) is 11.3 Å². The predicted molar refractivity (Wildman–Crippen MR) is 80.1 cm³/mol. The fraction of sp³-hybridized carbons (Fsp3) is 0.267. The van der Waals surface area contributed by atoms with Crippen LogP contribution in [0.4, 0.5) is 5.69 Å². The van der Waals surface area contributed by atoms with Crippen molar-refractivity contribution in [3.05, 3.63) is 47.4 Å². The molecular weight excluding hydrogens is 254 g/mol. The summed E-state index contributed by atoms with van der Waals surface area (Å²) in [7, 11) is 1.63. The van der Waals surface area contributed by atoms with Gasteiger partial charge in [0.15, 0.2) is 5.96 Å². The van der Waals surface area contributed by atoms with E-state index in [0.717, 1.165) is 28.5 Å². The molecule has 1 aromatic carbocycles. The standard InChI is InChI=1S/C15H19N3O2/c1-10-8-12(11(2)20-10)9-17-15(16)18-13-4-6-14(19-3)7-5-13/h4-8H,9H2,1-3H3,(H3,16,17,18). The van der Waals surface area contributed by atoms with Crippen molar-refractivity contribution >= 4 is 11.6 Å². The molecule has 0 aliphatic heterocycles. The Morgan fingerprint density at radius 3 is 2.55 bits per heavy atom. The Morgan fingerprint density at radius 2 is 2.00 bits per heavy atom. The Morgan fingerprint density at radius 1 is 1.30 bits per heavy atom. The van der Waals surface area contributed by atoms with Gasteiger partial charge >= 0.3 is 0 Å². The Balaban J connectivity index is 1.98. The van der Waals surface area contributed by atoms with Crippen molar-refractivity contribution in [2.75, 3.05) is 12.4 Å². The second-order valence-corrected chi connectivity index (χ2v) is 4.49. The van der Waals surface area contributed by atoms with Crippen molar-refractivity contribution in [3.63, 3.8) is 0 Å². The highest BCUT2D eigenvalue weighted by molar-refractivity contribution is 5.92. The lowest BCUT2D eigenvalue weighted by Crippen LogP contribution is -2.22. The number of rotatable bonds is 4. The summed E-state index contributed by atoms with van der Waals surface area (Å²) in [6, 6.07) is 9.46. The second kappa shape index (κ2) is 6.14. The van der Waals surface area contributed by atoms with Crippen molar-refractivity contribution in [1.29, 1.82) is 0 Å². The van der Waals surface area contributed by atoms with Crippen molar-refractivity contribution < 1.29 is 9.15 Å². The van der Waals surface area contributed by atoms with Crippen LogP contribution in [0.3, 0.4) is 0 Å². The quantitative estimate of drug-likeness (QED) is 0.663. The molecule has 20 heavy (non-hydrogen) atoms. The van der Waals surface area contributed by atoms with Crippen molar-refractivity contribution in [3.8, 4) is 5.75 Å². The lowest BCUT2D eigenvalue weighted by atomic mass is 10.2. The molecule has 0 fully saturated rings. The monoisotopic (exact) mass is 273 g/mol. The third-order valence-electron chi connectivity index (χ3n) is 2.93. The van der Waals surface area contributed by atoms with E-state index in [1.54, 1.807) is 7.11 Å². The third kappa shape index (κ3) is 3.54. The van der Waals surface area contributed by atoms with E-state index in [2.05, 4.69) is 10.3 Å². The summed E-state index contributed by atoms with van der Waals surface area (Å²) in [4.78, 5) is 4.30. The highest BCUT2D eigenvalue weighted by atomic mass is 16.5. The summed E-state index contributed by atoms with van der Waals surface area (Å²) in [6.07, 6.45) is 0. The number of nitrogens with zero attached hydrogens (tertiary/aromatic N) is 1. The van der Waals surface area contributed by atoms with Crippen LogP contribution in [0.2, 0.25) is 0 Å². The average molecular weight is 273 g/mol. The van der Waals surface area contributed by atoms with Gasteiger partial charge < -0.3 is 20.2 Å². The highest BCUT2D eigenvalue weighted by Crippen LogP contribution is 2.16. The number of ether oxygens (including phenoxy) is 1. The number of nitrogens with one attached hydrogen (secondary N) is 1. The molecule has 0 atom stereocenters. The van der Waals surface area contributed by atoms with Crippen molar-refractivity contribution in [1.82, 2.24) is 0 Å². The van der Waals surface area contributed by atoms with E-state index in [9.17, 15) is 0 Å². The fourth-order valence-corrected chi connectivity index (χ4v) is 1.87. The Bertz CT molecular complexity index is 600. The van der Waals surface area contributed by atoms with Gasteiger partial charge in [0.05, 0.1) is 13.7 Å². The summed E-state index contributed by atoms with van der Waals surface area (Å²) in [6.45, 7) is 4.34. The first-order valence-corrected chi connectivity index (χ1v) is 6.35. The summed E-state index contributed by atoms with van der Waals surface area (Å²) in [5.74, 6) is 2.93. The number of methoxy groups -OCH3 is 1. The van der Waals surface area contributed by atoms with Crippen LogP contribution in [0, 0.1) is 13.8 Å². The molecule has 0 spiro atoms. The number of furan rings is 1. The Kier molecular flexibility index (Phi) is 4.30. The molecule has 0 saturated carbocycles. The van der Waals surface area contributed by atoms with E-state index in [4.69, 9.17) is 14.9 Å². The number of guanidine groups is 1. The molecule has 0 bridgehead atoms. The number of aliphatic imine (C=N–C) groups is 1. The second-order valence-electron chi connectivity index (χ2n) is 4.49. The minimum atomic E-state index is 0.369. The average Bonchev–Trinajstić information content (AvgIpc) is 2.75. The van der Waals surface area contributed by atoms with Crippen LogP contribution in [0.5, 0.6) is 5.75 Å². The summed E-state index contributed by atoms with van der Waals surface area (Å²) in [5.41, 5.74) is 7.77. The number of anilines is 1. The molecule has 2 rings (SSSR count). The lowest BCUT2D eigenvalue weighted by Gasteiger charge is -2.06. The fourth-order valence-electron chi connectivity index (χ4n) is 1.87. The zero-order valence-corrected chi connectivity index (χ0v) is 11.9. The van der Waals surface area contributed by atoms with Crippen LogP contribution in [0.25, 0.3) is 0 Å². The van der Waals surface area contributed by atoms with Crippen LogP contribution in [0.1, 0.15) is 17.1 Å². The number of aryl methyl sites for hydroxylation is 2. The number of hydrogen-bond acceptors (Lipinski definition) is 3. The molecule has 3 N–H and O–H groups in total. The highest BCUT2D eigenvalue weighted by Gasteiger charge is 2.03. The van der Waals surface area contributed by atoms with Crippen LogP contribution in [0.15, 0.2) is 39.7 Å². The molecule has 0 saturated heterocycles. The summed E-state index contributed by atoms with van der Waals surface area (Å²) < 4.78 is 10.5. The Labute approximate surface area is 118 Å². The van der Waals surface area contributed by atoms with Gasteiger partial charge in [0.1, 0.15) is 17.3 Å². The van der Waals surface area contributed by atoms with E-state index in [0.29, 0.717) is 12.5 Å². The minimum Gasteiger partial charge on any atom is -0.497 e. The normalized spacial score (nSPS) is 11.4. The third-order valence-corrected chi connectivity index (χ3v) is 2.93. The molecule has 2 aromatic rings. The van der Waals surface area contributed by atoms with Gasteiger partial charge in [0.25, 0.3) is 0 Å². The number of nitrogens with two attached hydrogens (primary N) is 1. The molecule has 0 aliphatic rings. The maximum Gasteiger partial charge on any atom is 0.193 e. The van der Waals surface area contributed by atoms with E-state index >= 15 is 0 Å². The van der Waals surface area contributed by atoms with Gasteiger partial charge in [-0.2, -0.15) is 0 Å². The van der Waals surface area contributed by atoms with Gasteiger partial charge in [-0.3, -0.25) is 0 Å². The van der Waals surface area contributed by atoms with Gasteiger partial charge in [-0.15, -0.1) is 0 Å². The molecule has 0 unspecified atom stereocenters. The first-order valence-electron chi connectivity index (χ1n) is 6.35. The topological polar surface area (TPSA) is 72.8 Å². The summed E-state index contributed by atoms with van der Waals surface area (Å²) in [5, 5.41) is 3.03. The predicted octanol–water partition coefficient (Wildman–Crippen LogP) is 2.83. The van der Waals surface area contributed by atoms with Crippen molar-refractivity contribution in [2.45, 2.75) is 20.4 Å². The molecule has 1 heterocycles. The SMILES string of the molecule is COc1ccc(NC(N)=NCc2cc(C)oc2C)cc1. The minimum absolute atomic E-state index is 0.369. The lowest BCUT2D eigenvalue weighted by molar-refractivity contribution is 0.415. The molecule has 5 nitrogen and oxygen atoms in total. The van der Waals surface area contributed by atoms with Crippen molar-refractivity contribution in [2.24, 2.45) is 10.7 Å².